The van der Waals surface area contributed by atoms with E-state index < -0.39 is 5.54 Å². The van der Waals surface area contributed by atoms with E-state index in [9.17, 15) is 9.90 Å². The number of carbonyl (C=O) groups excluding carboxylic acids is 1. The minimum Gasteiger partial charge on any atom is -0.487 e. The number of amides is 1. The minimum atomic E-state index is -1.04. The number of fused-ring (bicyclic) bond motifs is 1. The van der Waals surface area contributed by atoms with Gasteiger partial charge in [-0.3, -0.25) is 19.1 Å². The summed E-state index contributed by atoms with van der Waals surface area (Å²) in [6.07, 6.45) is 3.48. The van der Waals surface area contributed by atoms with Gasteiger partial charge >= 0.3 is 0 Å². The number of aromatic nitrogens is 5. The standard InChI is InChI=1S/C22H24N6O3/c1-22(14-29,19-9-11-27(2)26-19)24-21(30)20-17-12-16(7-8-18(17)25-28(20)3)31-13-15-6-4-5-10-23-15/h4-12,29H,13-14H2,1-3H3,(H,24,30). The third-order valence-corrected chi connectivity index (χ3v) is 5.12. The summed E-state index contributed by atoms with van der Waals surface area (Å²) in [4.78, 5) is 17.5. The lowest BCUT2D eigenvalue weighted by atomic mass is 9.98. The molecule has 1 amide bonds. The van der Waals surface area contributed by atoms with Crippen molar-refractivity contribution in [1.29, 1.82) is 0 Å². The number of nitrogens with one attached hydrogen (secondary N) is 1. The molecular formula is C22H24N6O3. The SMILES string of the molecule is Cn1ccc(C(C)(CO)NC(=O)c2c3cc(OCc4ccccn4)ccc3nn2C)n1. The summed E-state index contributed by atoms with van der Waals surface area (Å²) < 4.78 is 9.01. The predicted octanol–water partition coefficient (Wildman–Crippen LogP) is 1.92. The fourth-order valence-electron chi connectivity index (χ4n) is 3.38. The van der Waals surface area contributed by atoms with E-state index in [1.54, 1.807) is 50.2 Å². The molecule has 0 spiro atoms. The number of carbonyl (C=O) groups is 1. The molecule has 0 radical (unpaired) electrons. The second kappa shape index (κ2) is 8.19. The van der Waals surface area contributed by atoms with Gasteiger partial charge in [-0.1, -0.05) is 6.07 Å². The van der Waals surface area contributed by atoms with Gasteiger partial charge in [-0.2, -0.15) is 10.2 Å². The first kappa shape index (κ1) is 20.5. The lowest BCUT2D eigenvalue weighted by Gasteiger charge is -2.26. The zero-order valence-corrected chi connectivity index (χ0v) is 17.6. The molecule has 3 aromatic heterocycles. The summed E-state index contributed by atoms with van der Waals surface area (Å²) in [7, 11) is 3.49. The van der Waals surface area contributed by atoms with Gasteiger partial charge in [0.2, 0.25) is 0 Å². The molecule has 3 heterocycles. The van der Waals surface area contributed by atoms with Crippen molar-refractivity contribution < 1.29 is 14.6 Å². The zero-order chi connectivity index (χ0) is 22.0. The Hall–Kier alpha value is -3.72. The molecule has 0 bridgehead atoms. The molecule has 4 rings (SSSR count). The second-order valence-electron chi connectivity index (χ2n) is 7.58. The largest absolute Gasteiger partial charge is 0.487 e. The first-order valence-corrected chi connectivity index (χ1v) is 9.82. The van der Waals surface area contributed by atoms with E-state index in [4.69, 9.17) is 4.74 Å². The third-order valence-electron chi connectivity index (χ3n) is 5.12. The summed E-state index contributed by atoms with van der Waals surface area (Å²) in [6.45, 7) is 1.74. The predicted molar refractivity (Wildman–Crippen MR) is 114 cm³/mol. The Bertz CT molecular complexity index is 1220. The number of hydrogen-bond acceptors (Lipinski definition) is 6. The Morgan fingerprint density at radius 2 is 2.03 bits per heavy atom. The Labute approximate surface area is 179 Å². The van der Waals surface area contributed by atoms with Gasteiger partial charge in [0.25, 0.3) is 5.91 Å². The molecule has 160 valence electrons. The highest BCUT2D eigenvalue weighted by Gasteiger charge is 2.32. The van der Waals surface area contributed by atoms with E-state index in [-0.39, 0.29) is 12.5 Å². The fraction of sp³-hybridized carbons (Fsp3) is 0.273. The number of pyridine rings is 1. The average molecular weight is 420 g/mol. The van der Waals surface area contributed by atoms with E-state index in [1.807, 2.05) is 30.3 Å². The Morgan fingerprint density at radius 1 is 1.19 bits per heavy atom. The van der Waals surface area contributed by atoms with Crippen molar-refractivity contribution in [2.24, 2.45) is 14.1 Å². The molecule has 0 aliphatic heterocycles. The molecule has 1 atom stereocenters. The molecule has 9 nitrogen and oxygen atoms in total. The summed E-state index contributed by atoms with van der Waals surface area (Å²) in [6, 6.07) is 12.8. The third kappa shape index (κ3) is 4.13. The first-order chi connectivity index (χ1) is 14.9. The van der Waals surface area contributed by atoms with E-state index in [2.05, 4.69) is 20.5 Å². The van der Waals surface area contributed by atoms with Crippen molar-refractivity contribution in [3.05, 3.63) is 71.9 Å². The zero-order valence-electron chi connectivity index (χ0n) is 17.6. The number of benzene rings is 1. The number of aliphatic hydroxyl groups excluding tert-OH is 1. The highest BCUT2D eigenvalue weighted by Crippen LogP contribution is 2.26. The average Bonchev–Trinajstić information content (AvgIpc) is 3.35. The van der Waals surface area contributed by atoms with Crippen molar-refractivity contribution >= 4 is 16.8 Å². The first-order valence-electron chi connectivity index (χ1n) is 9.82. The highest BCUT2D eigenvalue weighted by molar-refractivity contribution is 6.05. The number of rotatable bonds is 7. The molecule has 0 saturated heterocycles. The Morgan fingerprint density at radius 3 is 2.71 bits per heavy atom. The fourth-order valence-corrected chi connectivity index (χ4v) is 3.38. The lowest BCUT2D eigenvalue weighted by molar-refractivity contribution is 0.0836. The van der Waals surface area contributed by atoms with Crippen LogP contribution in [0.5, 0.6) is 5.75 Å². The molecular weight excluding hydrogens is 396 g/mol. The number of aliphatic hydroxyl groups is 1. The summed E-state index contributed by atoms with van der Waals surface area (Å²) in [5.74, 6) is 0.240. The van der Waals surface area contributed by atoms with Crippen molar-refractivity contribution in [2.75, 3.05) is 6.61 Å². The normalized spacial score (nSPS) is 13.2. The maximum absolute atomic E-state index is 13.2. The van der Waals surface area contributed by atoms with Crippen LogP contribution in [0.3, 0.4) is 0 Å². The van der Waals surface area contributed by atoms with E-state index in [1.165, 1.54) is 4.68 Å². The van der Waals surface area contributed by atoms with Crippen molar-refractivity contribution in [2.45, 2.75) is 19.1 Å². The van der Waals surface area contributed by atoms with Gasteiger partial charge < -0.3 is 15.2 Å². The summed E-state index contributed by atoms with van der Waals surface area (Å²) in [5, 5.41) is 22.3. The molecule has 9 heteroatoms. The molecule has 0 aliphatic carbocycles. The quantitative estimate of drug-likeness (QED) is 0.473. The van der Waals surface area contributed by atoms with Crippen LogP contribution in [0.1, 0.15) is 28.8 Å². The van der Waals surface area contributed by atoms with Gasteiger partial charge in [-0.15, -0.1) is 0 Å². The highest BCUT2D eigenvalue weighted by atomic mass is 16.5. The Kier molecular flexibility index (Phi) is 5.43. The monoisotopic (exact) mass is 420 g/mol. The molecule has 4 aromatic rings. The molecule has 1 aromatic carbocycles. The van der Waals surface area contributed by atoms with Gasteiger partial charge in [0.15, 0.2) is 0 Å². The minimum absolute atomic E-state index is 0.302. The molecule has 31 heavy (non-hydrogen) atoms. The van der Waals surface area contributed by atoms with Crippen molar-refractivity contribution in [1.82, 2.24) is 29.9 Å². The lowest BCUT2D eigenvalue weighted by Crippen LogP contribution is -2.47. The summed E-state index contributed by atoms with van der Waals surface area (Å²) >= 11 is 0. The van der Waals surface area contributed by atoms with Crippen molar-refractivity contribution in [3.63, 3.8) is 0 Å². The van der Waals surface area contributed by atoms with Crippen LogP contribution in [0.15, 0.2) is 54.9 Å². The van der Waals surface area contributed by atoms with Crippen LogP contribution < -0.4 is 10.1 Å². The molecule has 1 unspecified atom stereocenters. The maximum Gasteiger partial charge on any atom is 0.271 e. The molecule has 0 fully saturated rings. The molecule has 0 aliphatic rings. The smallest absolute Gasteiger partial charge is 0.271 e. The number of ether oxygens (including phenoxy) is 1. The second-order valence-corrected chi connectivity index (χ2v) is 7.58. The van der Waals surface area contributed by atoms with Gasteiger partial charge in [-0.05, 0) is 43.3 Å². The van der Waals surface area contributed by atoms with Crippen LogP contribution in [-0.2, 0) is 26.2 Å². The van der Waals surface area contributed by atoms with E-state index in [0.29, 0.717) is 34.6 Å². The van der Waals surface area contributed by atoms with Crippen LogP contribution >= 0.6 is 0 Å². The van der Waals surface area contributed by atoms with Gasteiger partial charge in [-0.25, -0.2) is 0 Å². The Balaban J connectivity index is 1.61. The van der Waals surface area contributed by atoms with Crippen LogP contribution in [0.4, 0.5) is 0 Å². The number of aryl methyl sites for hydroxylation is 2. The van der Waals surface area contributed by atoms with Crippen molar-refractivity contribution in [3.8, 4) is 5.75 Å². The number of nitrogens with zero attached hydrogens (tertiary/aromatic N) is 5. The maximum atomic E-state index is 13.2. The molecule has 0 saturated carbocycles. The van der Waals surface area contributed by atoms with Gasteiger partial charge in [0.1, 0.15) is 23.6 Å². The van der Waals surface area contributed by atoms with E-state index >= 15 is 0 Å². The van der Waals surface area contributed by atoms with Crippen LogP contribution in [0, 0.1) is 0 Å². The summed E-state index contributed by atoms with van der Waals surface area (Å²) in [5.41, 5.74) is 1.37. The van der Waals surface area contributed by atoms with Gasteiger partial charge in [0.05, 0.1) is 23.5 Å². The number of hydrogen-bond donors (Lipinski definition) is 2. The molecule has 2 N–H and O–H groups in total. The topological polar surface area (TPSA) is 107 Å². The van der Waals surface area contributed by atoms with E-state index in [0.717, 1.165) is 5.69 Å². The van der Waals surface area contributed by atoms with Crippen LogP contribution in [-0.4, -0.2) is 42.2 Å². The van der Waals surface area contributed by atoms with Gasteiger partial charge in [0, 0.05) is 31.9 Å². The van der Waals surface area contributed by atoms with Crippen LogP contribution in [0.25, 0.3) is 10.9 Å². The van der Waals surface area contributed by atoms with Crippen LogP contribution in [0.2, 0.25) is 0 Å².